The Morgan fingerprint density at radius 3 is 2.44 bits per heavy atom. The van der Waals surface area contributed by atoms with E-state index < -0.39 is 0 Å². The van der Waals surface area contributed by atoms with Crippen LogP contribution in [0.2, 0.25) is 0 Å². The molecule has 2 rings (SSSR count). The summed E-state index contributed by atoms with van der Waals surface area (Å²) >= 11 is 1.72. The Balaban J connectivity index is 0.000000705. The number of hydrogen-bond acceptors (Lipinski definition) is 4. The van der Waals surface area contributed by atoms with Crippen LogP contribution in [-0.2, 0) is 11.2 Å². The maximum absolute atomic E-state index is 11.4. The summed E-state index contributed by atoms with van der Waals surface area (Å²) in [6.45, 7) is 11.0. The monoisotopic (exact) mass is 356 g/mol. The van der Waals surface area contributed by atoms with Crippen molar-refractivity contribution in [2.75, 3.05) is 12.4 Å². The van der Waals surface area contributed by atoms with Crippen LogP contribution < -0.4 is 5.32 Å². The van der Waals surface area contributed by atoms with Gasteiger partial charge in [0.05, 0.1) is 0 Å². The van der Waals surface area contributed by atoms with E-state index in [-0.39, 0.29) is 11.7 Å². The topological polar surface area (TPSA) is 53.0 Å². The van der Waals surface area contributed by atoms with Gasteiger partial charge in [-0.15, -0.1) is 11.3 Å². The second-order valence-corrected chi connectivity index (χ2v) is 7.27. The van der Waals surface area contributed by atoms with Crippen molar-refractivity contribution in [3.05, 3.63) is 46.7 Å². The molecule has 0 aliphatic heterocycles. The largest absolute Gasteiger partial charge is 0.388 e. The van der Waals surface area contributed by atoms with Gasteiger partial charge in [-0.05, 0) is 61.4 Å². The quantitative estimate of drug-likeness (QED) is 0.632. The minimum absolute atomic E-state index is 0.0903. The molecule has 1 aromatic heterocycles. The lowest BCUT2D eigenvalue weighted by molar-refractivity contribution is -0.120. The van der Waals surface area contributed by atoms with Gasteiger partial charge in [-0.2, -0.15) is 0 Å². The Morgan fingerprint density at radius 1 is 1.28 bits per heavy atom. The van der Waals surface area contributed by atoms with E-state index in [0.717, 1.165) is 17.7 Å². The standard InChI is InChI=1S/C18H21NOS.C3H7N/c1-5-14-6-7-15(10-18(14)19-4)16-9-17(21-11-16)8-12(2)13(3)20;1-3(2)4/h5-7,9-12,19H,1,8H2,2-4H3;4H,1-2H3. The first-order valence-corrected chi connectivity index (χ1v) is 9.20. The normalized spacial score (nSPS) is 11.1. The average Bonchev–Trinajstić information content (AvgIpc) is 3.02. The molecule has 0 fully saturated rings. The Kier molecular flexibility index (Phi) is 8.29. The number of carbonyl (C=O) groups excluding carboxylic acids is 1. The zero-order chi connectivity index (χ0) is 19.0. The summed E-state index contributed by atoms with van der Waals surface area (Å²) in [6.07, 6.45) is 2.67. The van der Waals surface area contributed by atoms with Gasteiger partial charge in [0.1, 0.15) is 5.78 Å². The van der Waals surface area contributed by atoms with Gasteiger partial charge in [0.25, 0.3) is 0 Å². The molecule has 4 heteroatoms. The average molecular weight is 357 g/mol. The van der Waals surface area contributed by atoms with Gasteiger partial charge in [0.2, 0.25) is 0 Å². The first-order chi connectivity index (χ1) is 11.8. The first-order valence-electron chi connectivity index (χ1n) is 8.32. The van der Waals surface area contributed by atoms with E-state index in [9.17, 15) is 4.79 Å². The van der Waals surface area contributed by atoms with Crippen LogP contribution in [0.15, 0.2) is 36.2 Å². The second-order valence-electron chi connectivity index (χ2n) is 6.27. The van der Waals surface area contributed by atoms with Crippen LogP contribution in [0.3, 0.4) is 0 Å². The van der Waals surface area contributed by atoms with Gasteiger partial charge in [0.15, 0.2) is 0 Å². The lowest BCUT2D eigenvalue weighted by atomic mass is 10.0. The Labute approximate surface area is 155 Å². The third-order valence-electron chi connectivity index (χ3n) is 3.73. The van der Waals surface area contributed by atoms with E-state index in [4.69, 9.17) is 5.41 Å². The summed E-state index contributed by atoms with van der Waals surface area (Å²) in [4.78, 5) is 12.6. The van der Waals surface area contributed by atoms with Gasteiger partial charge < -0.3 is 10.7 Å². The van der Waals surface area contributed by atoms with Crippen LogP contribution in [0.5, 0.6) is 0 Å². The van der Waals surface area contributed by atoms with E-state index in [1.54, 1.807) is 32.1 Å². The number of ketones is 1. The molecule has 0 aliphatic carbocycles. The molecule has 2 N–H and O–H groups in total. The van der Waals surface area contributed by atoms with Crippen molar-refractivity contribution in [3.8, 4) is 11.1 Å². The van der Waals surface area contributed by atoms with Crippen molar-refractivity contribution < 1.29 is 4.79 Å². The maximum atomic E-state index is 11.4. The highest BCUT2D eigenvalue weighted by Gasteiger charge is 2.11. The first kappa shape index (κ1) is 20.8. The Morgan fingerprint density at radius 2 is 1.92 bits per heavy atom. The third kappa shape index (κ3) is 6.67. The highest BCUT2D eigenvalue weighted by Crippen LogP contribution is 2.30. The van der Waals surface area contributed by atoms with E-state index in [2.05, 4.69) is 41.5 Å². The molecule has 0 spiro atoms. The summed E-state index contributed by atoms with van der Waals surface area (Å²) in [5.41, 5.74) is 5.23. The molecule has 0 saturated carbocycles. The van der Waals surface area contributed by atoms with Gasteiger partial charge in [-0.25, -0.2) is 0 Å². The van der Waals surface area contributed by atoms with Crippen molar-refractivity contribution in [3.63, 3.8) is 0 Å². The molecule has 1 unspecified atom stereocenters. The molecule has 1 atom stereocenters. The molecule has 1 aromatic carbocycles. The predicted octanol–water partition coefficient (Wildman–Crippen LogP) is 5.91. The fourth-order valence-electron chi connectivity index (χ4n) is 2.21. The molecule has 0 amide bonds. The van der Waals surface area contributed by atoms with Crippen LogP contribution in [-0.4, -0.2) is 18.5 Å². The smallest absolute Gasteiger partial charge is 0.132 e. The number of carbonyl (C=O) groups is 1. The molecule has 25 heavy (non-hydrogen) atoms. The molecule has 134 valence electrons. The summed E-state index contributed by atoms with van der Waals surface area (Å²) in [7, 11) is 1.92. The van der Waals surface area contributed by atoms with Gasteiger partial charge >= 0.3 is 0 Å². The van der Waals surface area contributed by atoms with E-state index in [1.165, 1.54) is 16.0 Å². The van der Waals surface area contributed by atoms with Crippen molar-refractivity contribution in [1.29, 1.82) is 5.41 Å². The minimum Gasteiger partial charge on any atom is -0.388 e. The van der Waals surface area contributed by atoms with Crippen molar-refractivity contribution in [2.45, 2.75) is 34.1 Å². The van der Waals surface area contributed by atoms with Gasteiger partial charge in [-0.3, -0.25) is 4.79 Å². The molecular weight excluding hydrogens is 328 g/mol. The predicted molar refractivity (Wildman–Crippen MR) is 112 cm³/mol. The second kappa shape index (κ2) is 9.94. The van der Waals surface area contributed by atoms with Crippen LogP contribution in [0, 0.1) is 11.3 Å². The SMILES string of the molecule is C=Cc1ccc(-c2csc(CC(C)C(C)=O)c2)cc1NC.CC(C)=N. The minimum atomic E-state index is 0.0903. The molecule has 1 heterocycles. The van der Waals surface area contributed by atoms with Crippen LogP contribution >= 0.6 is 11.3 Å². The van der Waals surface area contributed by atoms with Gasteiger partial charge in [0, 0.05) is 29.2 Å². The summed E-state index contributed by atoms with van der Waals surface area (Å²) < 4.78 is 0. The molecule has 3 nitrogen and oxygen atoms in total. The Hall–Kier alpha value is -2.20. The van der Waals surface area contributed by atoms with Gasteiger partial charge in [-0.1, -0.05) is 31.7 Å². The fourth-order valence-corrected chi connectivity index (χ4v) is 3.24. The van der Waals surface area contributed by atoms with Crippen LogP contribution in [0.1, 0.15) is 38.1 Å². The zero-order valence-corrected chi connectivity index (χ0v) is 16.6. The number of benzene rings is 1. The molecule has 2 aromatic rings. The highest BCUT2D eigenvalue weighted by atomic mass is 32.1. The Bertz CT molecular complexity index is 742. The molecule has 0 aliphatic rings. The van der Waals surface area contributed by atoms with Crippen molar-refractivity contribution >= 4 is 34.6 Å². The lowest BCUT2D eigenvalue weighted by Gasteiger charge is -2.08. The number of hydrogen-bond donors (Lipinski definition) is 2. The molecular formula is C21H28N2OS. The maximum Gasteiger partial charge on any atom is 0.132 e. The summed E-state index contributed by atoms with van der Waals surface area (Å²) in [5.74, 6) is 0.338. The van der Waals surface area contributed by atoms with E-state index in [0.29, 0.717) is 5.71 Å². The number of anilines is 1. The molecule has 0 radical (unpaired) electrons. The zero-order valence-electron chi connectivity index (χ0n) is 15.8. The third-order valence-corrected chi connectivity index (χ3v) is 4.69. The summed E-state index contributed by atoms with van der Waals surface area (Å²) in [5, 5.41) is 11.9. The number of rotatable bonds is 6. The lowest BCUT2D eigenvalue weighted by Crippen LogP contribution is -2.08. The highest BCUT2D eigenvalue weighted by molar-refractivity contribution is 7.10. The van der Waals surface area contributed by atoms with Crippen LogP contribution in [0.4, 0.5) is 5.69 Å². The van der Waals surface area contributed by atoms with E-state index in [1.807, 2.05) is 20.0 Å². The molecule has 0 bridgehead atoms. The molecule has 0 saturated heterocycles. The summed E-state index contributed by atoms with van der Waals surface area (Å²) in [6, 6.07) is 8.51. The number of nitrogens with one attached hydrogen (secondary N) is 2. The fraction of sp³-hybridized carbons (Fsp3) is 0.333. The van der Waals surface area contributed by atoms with Crippen LogP contribution in [0.25, 0.3) is 17.2 Å². The van der Waals surface area contributed by atoms with E-state index >= 15 is 0 Å². The number of thiophene rings is 1. The van der Waals surface area contributed by atoms with Crippen molar-refractivity contribution in [2.24, 2.45) is 5.92 Å². The van der Waals surface area contributed by atoms with Crippen molar-refractivity contribution in [1.82, 2.24) is 0 Å². The number of Topliss-reactive ketones (excluding diaryl/α,β-unsaturated/α-hetero) is 1.